The fraction of sp³-hybridized carbons (Fsp3) is 0.0189. The molecule has 4 heteroatoms. The molecule has 4 heterocycles. The molecule has 1 N–H and O–H groups in total. The third-order valence-electron chi connectivity index (χ3n) is 11.8. The number of pyridine rings is 2. The third kappa shape index (κ3) is 5.01. The number of anilines is 1. The van der Waals surface area contributed by atoms with E-state index in [9.17, 15) is 0 Å². The fourth-order valence-electron chi connectivity index (χ4n) is 9.16. The Balaban J connectivity index is 0.949. The molecule has 0 atom stereocenters. The molecule has 0 saturated carbocycles. The maximum absolute atomic E-state index is 5.01. The molecular weight excluding hydrogens is 693 g/mol. The van der Waals surface area contributed by atoms with Crippen molar-refractivity contribution in [3.8, 4) is 50.5 Å². The van der Waals surface area contributed by atoms with Crippen LogP contribution in [0.3, 0.4) is 0 Å². The van der Waals surface area contributed by atoms with Crippen molar-refractivity contribution in [3.05, 3.63) is 188 Å². The van der Waals surface area contributed by atoms with E-state index in [-0.39, 0.29) is 0 Å². The van der Waals surface area contributed by atoms with Crippen LogP contribution in [-0.4, -0.2) is 21.1 Å². The van der Waals surface area contributed by atoms with Crippen LogP contribution >= 0.6 is 0 Å². The number of nitrogens with one attached hydrogen (secondary N) is 1. The minimum atomic E-state index is 0.817. The quantitative estimate of drug-likeness (QED) is 0.180. The molecule has 1 aliphatic heterocycles. The van der Waals surface area contributed by atoms with Crippen molar-refractivity contribution in [1.82, 2.24) is 14.5 Å². The third-order valence-corrected chi connectivity index (χ3v) is 11.8. The molecule has 4 nitrogen and oxygen atoms in total. The summed E-state index contributed by atoms with van der Waals surface area (Å²) in [6.45, 7) is 0.817. The average Bonchev–Trinajstić information content (AvgIpc) is 3.62. The molecule has 12 rings (SSSR count). The molecule has 0 amide bonds. The van der Waals surface area contributed by atoms with Crippen LogP contribution in [0.4, 0.5) is 5.69 Å². The number of rotatable bonds is 5. The Labute approximate surface area is 329 Å². The van der Waals surface area contributed by atoms with E-state index in [0.29, 0.717) is 0 Å². The van der Waals surface area contributed by atoms with Crippen molar-refractivity contribution in [2.75, 3.05) is 11.9 Å². The van der Waals surface area contributed by atoms with Crippen molar-refractivity contribution >= 4 is 65.8 Å². The van der Waals surface area contributed by atoms with Crippen LogP contribution in [0.2, 0.25) is 0 Å². The summed E-state index contributed by atoms with van der Waals surface area (Å²) in [5, 5.41) is 15.0. The second-order valence-electron chi connectivity index (χ2n) is 15.0. The summed E-state index contributed by atoms with van der Waals surface area (Å²) in [6.07, 6.45) is 8.42. The van der Waals surface area contributed by atoms with Gasteiger partial charge in [-0.25, -0.2) is 0 Å². The lowest BCUT2D eigenvalue weighted by atomic mass is 9.90. The number of fused-ring (bicyclic) bond motifs is 4. The van der Waals surface area contributed by atoms with Gasteiger partial charge in [-0.2, -0.15) is 0 Å². The van der Waals surface area contributed by atoms with Crippen LogP contribution in [0.5, 0.6) is 0 Å². The van der Waals surface area contributed by atoms with Gasteiger partial charge in [0.1, 0.15) is 0 Å². The van der Waals surface area contributed by atoms with Gasteiger partial charge in [-0.05, 0) is 108 Å². The van der Waals surface area contributed by atoms with Gasteiger partial charge in [0, 0.05) is 41.1 Å². The predicted molar refractivity (Wildman–Crippen MR) is 239 cm³/mol. The van der Waals surface area contributed by atoms with Crippen molar-refractivity contribution in [2.24, 2.45) is 0 Å². The molecule has 0 spiro atoms. The standard InChI is InChI=1S/C53H34N4/c1-2-12-42-33(8-1)9-6-14-43(42)40-28-39(29-41(30-40)57-49-15-4-3-13-46(49)53-50(57)16-7-27-54-53)37-21-25-47(55-31-37)48-26-22-38(32-56-48)44-23-19-36-18-17-34-10-5-11-35-20-24-45(44)52(36)51(34)35/h1-26,28-32,54H,27H2. The number of aromatic nitrogens is 3. The largest absolute Gasteiger partial charge is 0.379 e. The zero-order valence-corrected chi connectivity index (χ0v) is 30.9. The summed E-state index contributed by atoms with van der Waals surface area (Å²) in [6, 6.07) is 59.3. The van der Waals surface area contributed by atoms with Crippen LogP contribution in [0.25, 0.3) is 111 Å². The molecule has 8 aromatic carbocycles. The SMILES string of the molecule is C1=Cc2c(c3ccccc3n2-c2cc(-c3ccc(-c4ccc(-c5ccc6ccc7cccc8ccc5c6c78)cn4)nc3)cc(-c3cccc4ccccc34)c2)NC1. The molecule has 11 aromatic rings. The van der Waals surface area contributed by atoms with Crippen LogP contribution < -0.4 is 5.32 Å². The summed E-state index contributed by atoms with van der Waals surface area (Å²) in [7, 11) is 0. The minimum absolute atomic E-state index is 0.817. The number of para-hydroxylation sites is 1. The average molecular weight is 727 g/mol. The minimum Gasteiger partial charge on any atom is -0.379 e. The van der Waals surface area contributed by atoms with E-state index < -0.39 is 0 Å². The highest BCUT2D eigenvalue weighted by molar-refractivity contribution is 6.25. The first kappa shape index (κ1) is 31.8. The Morgan fingerprint density at radius 3 is 1.93 bits per heavy atom. The molecule has 0 bridgehead atoms. The first-order valence-corrected chi connectivity index (χ1v) is 19.5. The lowest BCUT2D eigenvalue weighted by molar-refractivity contribution is 1.10. The Hall–Kier alpha value is -7.56. The van der Waals surface area contributed by atoms with Crippen LogP contribution in [0.1, 0.15) is 5.69 Å². The smallest absolute Gasteiger partial charge is 0.0886 e. The van der Waals surface area contributed by atoms with Crippen molar-refractivity contribution < 1.29 is 0 Å². The van der Waals surface area contributed by atoms with Gasteiger partial charge in [0.25, 0.3) is 0 Å². The van der Waals surface area contributed by atoms with E-state index in [4.69, 9.17) is 9.97 Å². The Morgan fingerprint density at radius 2 is 1.11 bits per heavy atom. The molecule has 0 fully saturated rings. The van der Waals surface area contributed by atoms with Gasteiger partial charge >= 0.3 is 0 Å². The molecule has 0 unspecified atom stereocenters. The maximum atomic E-state index is 5.01. The first-order chi connectivity index (χ1) is 28.2. The van der Waals surface area contributed by atoms with Gasteiger partial charge in [0.2, 0.25) is 0 Å². The van der Waals surface area contributed by atoms with Gasteiger partial charge in [-0.15, -0.1) is 0 Å². The molecule has 57 heavy (non-hydrogen) atoms. The van der Waals surface area contributed by atoms with Crippen LogP contribution in [0, 0.1) is 0 Å². The molecular formula is C53H34N4. The second-order valence-corrected chi connectivity index (χ2v) is 15.0. The summed E-state index contributed by atoms with van der Waals surface area (Å²) in [4.78, 5) is 9.97. The summed E-state index contributed by atoms with van der Waals surface area (Å²) in [5.74, 6) is 0. The first-order valence-electron chi connectivity index (χ1n) is 19.5. The van der Waals surface area contributed by atoms with Crippen molar-refractivity contribution in [1.29, 1.82) is 0 Å². The van der Waals surface area contributed by atoms with Gasteiger partial charge < -0.3 is 9.88 Å². The Bertz CT molecular complexity index is 3370. The number of hydrogen-bond donors (Lipinski definition) is 1. The second kappa shape index (κ2) is 12.5. The zero-order valence-electron chi connectivity index (χ0n) is 30.9. The Kier molecular flexibility index (Phi) is 6.96. The zero-order chi connectivity index (χ0) is 37.5. The van der Waals surface area contributed by atoms with Gasteiger partial charge in [0.05, 0.1) is 28.3 Å². The van der Waals surface area contributed by atoms with E-state index >= 15 is 0 Å². The number of hydrogen-bond acceptors (Lipinski definition) is 3. The van der Waals surface area contributed by atoms with E-state index in [1.807, 2.05) is 12.4 Å². The maximum Gasteiger partial charge on any atom is 0.0886 e. The molecule has 1 aliphatic rings. The summed E-state index contributed by atoms with van der Waals surface area (Å²) in [5.41, 5.74) is 13.1. The molecule has 0 radical (unpaired) electrons. The van der Waals surface area contributed by atoms with Crippen LogP contribution in [0.15, 0.2) is 182 Å². The normalized spacial score (nSPS) is 12.6. The monoisotopic (exact) mass is 726 g/mol. The number of nitrogens with zero attached hydrogens (tertiary/aromatic N) is 3. The summed E-state index contributed by atoms with van der Waals surface area (Å²) < 4.78 is 2.39. The van der Waals surface area contributed by atoms with E-state index in [1.165, 1.54) is 70.8 Å². The highest BCUT2D eigenvalue weighted by Gasteiger charge is 2.20. The lowest BCUT2D eigenvalue weighted by Gasteiger charge is -2.17. The Morgan fingerprint density at radius 1 is 0.456 bits per heavy atom. The van der Waals surface area contributed by atoms with Crippen molar-refractivity contribution in [3.63, 3.8) is 0 Å². The number of benzene rings is 8. The van der Waals surface area contributed by atoms with Gasteiger partial charge in [-0.3, -0.25) is 9.97 Å². The van der Waals surface area contributed by atoms with Gasteiger partial charge in [0.15, 0.2) is 0 Å². The fourth-order valence-corrected chi connectivity index (χ4v) is 9.16. The highest BCUT2D eigenvalue weighted by Crippen LogP contribution is 2.41. The lowest BCUT2D eigenvalue weighted by Crippen LogP contribution is -2.06. The summed E-state index contributed by atoms with van der Waals surface area (Å²) >= 11 is 0. The van der Waals surface area contributed by atoms with E-state index in [2.05, 4.69) is 186 Å². The van der Waals surface area contributed by atoms with Gasteiger partial charge in [-0.1, -0.05) is 133 Å². The molecule has 3 aromatic heterocycles. The van der Waals surface area contributed by atoms with Crippen LogP contribution in [-0.2, 0) is 0 Å². The van der Waals surface area contributed by atoms with E-state index in [1.54, 1.807) is 0 Å². The van der Waals surface area contributed by atoms with E-state index in [0.717, 1.165) is 51.6 Å². The topological polar surface area (TPSA) is 42.7 Å². The van der Waals surface area contributed by atoms with Crippen molar-refractivity contribution in [2.45, 2.75) is 0 Å². The molecule has 0 saturated heterocycles. The molecule has 0 aliphatic carbocycles. The molecule has 266 valence electrons. The highest BCUT2D eigenvalue weighted by atomic mass is 15.0. The predicted octanol–water partition coefficient (Wildman–Crippen LogP) is 13.6.